The largest absolute Gasteiger partial charge is 0.462 e. The predicted octanol–water partition coefficient (Wildman–Crippen LogP) is 3.16. The predicted molar refractivity (Wildman–Crippen MR) is 104 cm³/mol. The molecule has 0 unspecified atom stereocenters. The maximum absolute atomic E-state index is 12.3. The fourth-order valence-electron chi connectivity index (χ4n) is 4.19. The Hall–Kier alpha value is -1.73. The van der Waals surface area contributed by atoms with Gasteiger partial charge in [0.05, 0.1) is 12.0 Å². The molecule has 140 valence electrons. The average Bonchev–Trinajstić information content (AvgIpc) is 2.97. The number of hydrogen-bond acceptors (Lipinski definition) is 7. The summed E-state index contributed by atoms with van der Waals surface area (Å²) in [7, 11) is 0. The molecule has 0 radical (unpaired) electrons. The van der Waals surface area contributed by atoms with E-state index in [9.17, 15) is 4.79 Å². The number of rotatable bonds is 3. The standard InChI is InChI=1S/C19H26N4O2S/c1-4-25-19(24)16-12(2)15-17(20-13(3)21-18(15)26-16)23-10-9-22-8-6-5-7-14(22)11-23/h14H,4-11H2,1-3H3/t14-/m1/s1. The lowest BCUT2D eigenvalue weighted by Crippen LogP contribution is -2.55. The van der Waals surface area contributed by atoms with Crippen LogP contribution in [0, 0.1) is 13.8 Å². The van der Waals surface area contributed by atoms with Gasteiger partial charge in [0, 0.05) is 25.7 Å². The summed E-state index contributed by atoms with van der Waals surface area (Å²) in [4.78, 5) is 28.3. The van der Waals surface area contributed by atoms with Gasteiger partial charge in [0.1, 0.15) is 21.3 Å². The Balaban J connectivity index is 1.73. The number of carbonyl (C=O) groups is 1. The van der Waals surface area contributed by atoms with Gasteiger partial charge in [0.15, 0.2) is 0 Å². The number of thiophene rings is 1. The number of aryl methyl sites for hydroxylation is 2. The summed E-state index contributed by atoms with van der Waals surface area (Å²) in [6, 6.07) is 0.617. The highest BCUT2D eigenvalue weighted by Gasteiger charge is 2.31. The van der Waals surface area contributed by atoms with E-state index in [0.29, 0.717) is 17.5 Å². The van der Waals surface area contributed by atoms with Crippen LogP contribution in [0.2, 0.25) is 0 Å². The highest BCUT2D eigenvalue weighted by Crippen LogP contribution is 2.37. The Morgan fingerprint density at radius 1 is 1.23 bits per heavy atom. The molecule has 2 aliphatic rings. The summed E-state index contributed by atoms with van der Waals surface area (Å²) in [5.74, 6) is 1.49. The number of fused-ring (bicyclic) bond motifs is 2. The third kappa shape index (κ3) is 3.07. The van der Waals surface area contributed by atoms with E-state index in [-0.39, 0.29) is 5.97 Å². The second kappa shape index (κ2) is 7.12. The van der Waals surface area contributed by atoms with Gasteiger partial charge in [0.2, 0.25) is 0 Å². The van der Waals surface area contributed by atoms with E-state index in [4.69, 9.17) is 9.72 Å². The first-order valence-electron chi connectivity index (χ1n) is 9.52. The summed E-state index contributed by atoms with van der Waals surface area (Å²) in [6.45, 7) is 10.4. The molecular weight excluding hydrogens is 348 g/mol. The Bertz CT molecular complexity index is 835. The van der Waals surface area contributed by atoms with Crippen LogP contribution in [0.15, 0.2) is 0 Å². The highest BCUT2D eigenvalue weighted by molar-refractivity contribution is 7.20. The first kappa shape index (κ1) is 17.7. The Morgan fingerprint density at radius 2 is 2.08 bits per heavy atom. The quantitative estimate of drug-likeness (QED) is 0.769. The van der Waals surface area contributed by atoms with Crippen LogP contribution in [0.3, 0.4) is 0 Å². The van der Waals surface area contributed by atoms with Crippen molar-refractivity contribution in [2.45, 2.75) is 46.1 Å². The van der Waals surface area contributed by atoms with Crippen molar-refractivity contribution < 1.29 is 9.53 Å². The molecule has 0 bridgehead atoms. The first-order chi connectivity index (χ1) is 12.6. The van der Waals surface area contributed by atoms with E-state index >= 15 is 0 Å². The van der Waals surface area contributed by atoms with Gasteiger partial charge in [-0.1, -0.05) is 6.42 Å². The van der Waals surface area contributed by atoms with Gasteiger partial charge in [-0.2, -0.15) is 0 Å². The van der Waals surface area contributed by atoms with E-state index in [1.165, 1.54) is 37.1 Å². The molecule has 6 nitrogen and oxygen atoms in total. The summed E-state index contributed by atoms with van der Waals surface area (Å²) >= 11 is 1.42. The molecule has 0 N–H and O–H groups in total. The summed E-state index contributed by atoms with van der Waals surface area (Å²) in [6.07, 6.45) is 3.90. The molecule has 2 saturated heterocycles. The third-order valence-electron chi connectivity index (χ3n) is 5.48. The van der Waals surface area contributed by atoms with Crippen LogP contribution in [0.1, 0.15) is 47.2 Å². The molecule has 2 aromatic rings. The molecule has 0 aromatic carbocycles. The molecule has 4 rings (SSSR count). The van der Waals surface area contributed by atoms with Crippen LogP contribution in [-0.2, 0) is 4.74 Å². The van der Waals surface area contributed by atoms with Crippen LogP contribution < -0.4 is 4.90 Å². The zero-order valence-corrected chi connectivity index (χ0v) is 16.6. The topological polar surface area (TPSA) is 58.6 Å². The van der Waals surface area contributed by atoms with Crippen LogP contribution >= 0.6 is 11.3 Å². The molecule has 7 heteroatoms. The molecule has 2 aromatic heterocycles. The van der Waals surface area contributed by atoms with Crippen molar-refractivity contribution in [3.8, 4) is 0 Å². The van der Waals surface area contributed by atoms with Crippen molar-refractivity contribution in [3.63, 3.8) is 0 Å². The van der Waals surface area contributed by atoms with Crippen LogP contribution in [0.5, 0.6) is 0 Å². The van der Waals surface area contributed by atoms with Crippen molar-refractivity contribution in [1.29, 1.82) is 0 Å². The van der Waals surface area contributed by atoms with Crippen molar-refractivity contribution in [2.24, 2.45) is 0 Å². The number of aromatic nitrogens is 2. The van der Waals surface area contributed by atoms with Gasteiger partial charge in [-0.15, -0.1) is 11.3 Å². The molecule has 26 heavy (non-hydrogen) atoms. The van der Waals surface area contributed by atoms with Gasteiger partial charge in [-0.3, -0.25) is 4.90 Å². The minimum atomic E-state index is -0.256. The molecule has 2 aliphatic heterocycles. The van der Waals surface area contributed by atoms with E-state index < -0.39 is 0 Å². The average molecular weight is 375 g/mol. The molecule has 0 aliphatic carbocycles. The van der Waals surface area contributed by atoms with Crippen molar-refractivity contribution in [2.75, 3.05) is 37.7 Å². The van der Waals surface area contributed by atoms with Crippen molar-refractivity contribution >= 4 is 33.3 Å². The van der Waals surface area contributed by atoms with Gasteiger partial charge in [0.25, 0.3) is 0 Å². The Kier molecular flexibility index (Phi) is 4.84. The molecule has 0 amide bonds. The summed E-state index contributed by atoms with van der Waals surface area (Å²) < 4.78 is 5.23. The lowest BCUT2D eigenvalue weighted by atomic mass is 9.99. The number of nitrogens with zero attached hydrogens (tertiary/aromatic N) is 4. The van der Waals surface area contributed by atoms with Gasteiger partial charge < -0.3 is 9.64 Å². The lowest BCUT2D eigenvalue weighted by Gasteiger charge is -2.44. The molecule has 0 spiro atoms. The van der Waals surface area contributed by atoms with Gasteiger partial charge in [-0.05, 0) is 45.7 Å². The smallest absolute Gasteiger partial charge is 0.348 e. The normalized spacial score (nSPS) is 21.0. The molecular formula is C19H26N4O2S. The van der Waals surface area contributed by atoms with Crippen LogP contribution in [0.25, 0.3) is 10.2 Å². The lowest BCUT2D eigenvalue weighted by molar-refractivity contribution is 0.0531. The van der Waals surface area contributed by atoms with E-state index in [1.54, 1.807) is 0 Å². The van der Waals surface area contributed by atoms with Crippen molar-refractivity contribution in [1.82, 2.24) is 14.9 Å². The second-order valence-corrected chi connectivity index (χ2v) is 8.18. The maximum Gasteiger partial charge on any atom is 0.348 e. The van der Waals surface area contributed by atoms with Crippen LogP contribution in [0.4, 0.5) is 5.82 Å². The van der Waals surface area contributed by atoms with E-state index in [2.05, 4.69) is 14.8 Å². The summed E-state index contributed by atoms with van der Waals surface area (Å²) in [5, 5.41) is 1.02. The number of esters is 1. The number of piperazine rings is 1. The fraction of sp³-hybridized carbons (Fsp3) is 0.632. The minimum absolute atomic E-state index is 0.256. The van der Waals surface area contributed by atoms with Gasteiger partial charge in [-0.25, -0.2) is 14.8 Å². The monoisotopic (exact) mass is 374 g/mol. The molecule has 2 fully saturated rings. The SMILES string of the molecule is CCOC(=O)c1sc2nc(C)nc(N3CCN4CCCC[C@@H]4C3)c2c1C. The minimum Gasteiger partial charge on any atom is -0.462 e. The summed E-state index contributed by atoms with van der Waals surface area (Å²) in [5.41, 5.74) is 0.949. The van der Waals surface area contributed by atoms with E-state index in [0.717, 1.165) is 47.1 Å². The molecule has 4 heterocycles. The van der Waals surface area contributed by atoms with Crippen molar-refractivity contribution in [3.05, 3.63) is 16.3 Å². The number of piperidine rings is 1. The Labute approximate surface area is 158 Å². The number of ether oxygens (including phenoxy) is 1. The molecule has 0 saturated carbocycles. The third-order valence-corrected chi connectivity index (χ3v) is 6.65. The van der Waals surface area contributed by atoms with E-state index in [1.807, 2.05) is 20.8 Å². The number of carbonyl (C=O) groups excluding carboxylic acids is 1. The van der Waals surface area contributed by atoms with Gasteiger partial charge >= 0.3 is 5.97 Å². The first-order valence-corrected chi connectivity index (χ1v) is 10.3. The maximum atomic E-state index is 12.3. The zero-order chi connectivity index (χ0) is 18.3. The Morgan fingerprint density at radius 3 is 2.88 bits per heavy atom. The number of anilines is 1. The van der Waals surface area contributed by atoms with Crippen LogP contribution in [-0.4, -0.2) is 59.7 Å². The fourth-order valence-corrected chi connectivity index (χ4v) is 5.30. The number of hydrogen-bond donors (Lipinski definition) is 0. The second-order valence-electron chi connectivity index (χ2n) is 7.18. The highest BCUT2D eigenvalue weighted by atomic mass is 32.1. The molecule has 1 atom stereocenters. The zero-order valence-electron chi connectivity index (χ0n) is 15.7.